The van der Waals surface area contributed by atoms with Crippen molar-refractivity contribution < 1.29 is 23.9 Å². The highest BCUT2D eigenvalue weighted by molar-refractivity contribution is 8.00. The second-order valence-corrected chi connectivity index (χ2v) is 11.0. The first-order valence-corrected chi connectivity index (χ1v) is 15.1. The van der Waals surface area contributed by atoms with Crippen LogP contribution < -0.4 is 25.4 Å². The Morgan fingerprint density at radius 2 is 1.39 bits per heavy atom. The van der Waals surface area contributed by atoms with E-state index in [1.54, 1.807) is 72.8 Å². The molecule has 0 radical (unpaired) electrons. The van der Waals surface area contributed by atoms with E-state index in [1.807, 2.05) is 57.2 Å². The molecule has 4 aromatic rings. The van der Waals surface area contributed by atoms with Crippen molar-refractivity contribution in [2.45, 2.75) is 30.9 Å². The molecule has 0 fully saturated rings. The normalized spacial score (nSPS) is 11.7. The lowest BCUT2D eigenvalue weighted by molar-refractivity contribution is -0.115. The molecule has 9 heteroatoms. The molecule has 0 bridgehead atoms. The van der Waals surface area contributed by atoms with Gasteiger partial charge < -0.3 is 25.4 Å². The maximum absolute atomic E-state index is 13.5. The van der Waals surface area contributed by atoms with Crippen LogP contribution in [0.2, 0.25) is 0 Å². The molecule has 44 heavy (non-hydrogen) atoms. The Morgan fingerprint density at radius 3 is 2.02 bits per heavy atom. The third kappa shape index (κ3) is 9.50. The summed E-state index contributed by atoms with van der Waals surface area (Å²) in [5, 5.41) is 8.13. The largest absolute Gasteiger partial charge is 0.494 e. The van der Waals surface area contributed by atoms with Gasteiger partial charge in [0.2, 0.25) is 5.91 Å². The van der Waals surface area contributed by atoms with Gasteiger partial charge in [-0.2, -0.15) is 0 Å². The second-order valence-electron chi connectivity index (χ2n) is 9.57. The van der Waals surface area contributed by atoms with E-state index in [4.69, 9.17) is 9.47 Å². The fourth-order valence-electron chi connectivity index (χ4n) is 4.08. The zero-order chi connectivity index (χ0) is 31.3. The van der Waals surface area contributed by atoms with Gasteiger partial charge in [-0.15, -0.1) is 11.8 Å². The van der Waals surface area contributed by atoms with E-state index in [-0.39, 0.29) is 11.6 Å². The van der Waals surface area contributed by atoms with Crippen LogP contribution in [-0.2, 0) is 9.59 Å². The quantitative estimate of drug-likeness (QED) is 0.111. The number of carbonyl (C=O) groups is 3. The van der Waals surface area contributed by atoms with Gasteiger partial charge in [0.05, 0.1) is 18.5 Å². The van der Waals surface area contributed by atoms with Gasteiger partial charge in [-0.25, -0.2) is 0 Å². The van der Waals surface area contributed by atoms with E-state index in [2.05, 4.69) is 16.0 Å². The molecule has 1 atom stereocenters. The summed E-state index contributed by atoms with van der Waals surface area (Å²) in [5.41, 5.74) is 2.41. The van der Waals surface area contributed by atoms with Gasteiger partial charge in [-0.1, -0.05) is 36.4 Å². The van der Waals surface area contributed by atoms with Crippen LogP contribution in [-0.4, -0.2) is 36.2 Å². The summed E-state index contributed by atoms with van der Waals surface area (Å²) in [7, 11) is 0. The van der Waals surface area contributed by atoms with Crippen LogP contribution in [0.15, 0.2) is 114 Å². The molecule has 0 aliphatic rings. The lowest BCUT2D eigenvalue weighted by Gasteiger charge is -2.14. The summed E-state index contributed by atoms with van der Waals surface area (Å²) >= 11 is 1.36. The summed E-state index contributed by atoms with van der Waals surface area (Å²) in [6.45, 7) is 6.75. The molecule has 0 saturated carbocycles. The number of anilines is 2. The minimum atomic E-state index is -0.494. The van der Waals surface area contributed by atoms with Gasteiger partial charge >= 0.3 is 0 Å². The van der Waals surface area contributed by atoms with E-state index in [1.165, 1.54) is 11.8 Å². The number of ether oxygens (including phenoxy) is 2. The number of thioether (sulfide) groups is 1. The van der Waals surface area contributed by atoms with Crippen molar-refractivity contribution in [2.24, 2.45) is 0 Å². The van der Waals surface area contributed by atoms with Crippen molar-refractivity contribution in [1.29, 1.82) is 0 Å². The predicted octanol–water partition coefficient (Wildman–Crippen LogP) is 7.01. The van der Waals surface area contributed by atoms with Crippen molar-refractivity contribution in [3.8, 4) is 11.5 Å². The highest BCUT2D eigenvalue weighted by atomic mass is 32.2. The molecule has 0 heterocycles. The molecule has 8 nitrogen and oxygen atoms in total. The fraction of sp³-hybridized carbons (Fsp3) is 0.171. The maximum Gasteiger partial charge on any atom is 0.272 e. The third-order valence-electron chi connectivity index (χ3n) is 6.24. The Hall–Kier alpha value is -5.02. The SMILES string of the molecule is CCOc1ccc(/C=C(/NC(=O)c2ccccc2)C(=O)Nc2cccc(SC(C)C(=O)Nc3ccc(OCC)cc3)c2)cc1. The number of hydrogen-bond acceptors (Lipinski definition) is 6. The van der Waals surface area contributed by atoms with Crippen molar-refractivity contribution in [3.05, 3.63) is 120 Å². The maximum atomic E-state index is 13.5. The minimum Gasteiger partial charge on any atom is -0.494 e. The van der Waals surface area contributed by atoms with Crippen LogP contribution in [0.5, 0.6) is 11.5 Å². The molecule has 4 rings (SSSR count). The van der Waals surface area contributed by atoms with E-state index < -0.39 is 17.1 Å². The van der Waals surface area contributed by atoms with Crippen LogP contribution in [0.25, 0.3) is 6.08 Å². The summed E-state index contributed by atoms with van der Waals surface area (Å²) in [6.07, 6.45) is 1.61. The smallest absolute Gasteiger partial charge is 0.272 e. The first-order chi connectivity index (χ1) is 21.3. The van der Waals surface area contributed by atoms with Crippen molar-refractivity contribution in [3.63, 3.8) is 0 Å². The molecule has 0 aliphatic heterocycles. The van der Waals surface area contributed by atoms with Gasteiger partial charge in [-0.3, -0.25) is 14.4 Å². The molecule has 0 aromatic heterocycles. The van der Waals surface area contributed by atoms with Gasteiger partial charge in [-0.05, 0) is 99.1 Å². The topological polar surface area (TPSA) is 106 Å². The average molecular weight is 610 g/mol. The summed E-state index contributed by atoms with van der Waals surface area (Å²) in [4.78, 5) is 40.1. The number of nitrogens with one attached hydrogen (secondary N) is 3. The number of benzene rings is 4. The predicted molar refractivity (Wildman–Crippen MR) is 176 cm³/mol. The van der Waals surface area contributed by atoms with E-state index in [0.717, 1.165) is 10.6 Å². The van der Waals surface area contributed by atoms with Gasteiger partial charge in [0, 0.05) is 21.8 Å². The summed E-state index contributed by atoms with van der Waals surface area (Å²) < 4.78 is 11.0. The first kappa shape index (κ1) is 31.9. The number of carbonyl (C=O) groups excluding carboxylic acids is 3. The molecule has 0 saturated heterocycles. The van der Waals surface area contributed by atoms with E-state index >= 15 is 0 Å². The Morgan fingerprint density at radius 1 is 0.750 bits per heavy atom. The zero-order valence-electron chi connectivity index (χ0n) is 24.8. The zero-order valence-corrected chi connectivity index (χ0v) is 25.6. The lowest BCUT2D eigenvalue weighted by atomic mass is 10.1. The molecule has 0 spiro atoms. The lowest BCUT2D eigenvalue weighted by Crippen LogP contribution is -2.30. The molecule has 4 aromatic carbocycles. The number of hydrogen-bond donors (Lipinski definition) is 3. The minimum absolute atomic E-state index is 0.0733. The molecule has 3 amide bonds. The third-order valence-corrected chi connectivity index (χ3v) is 7.33. The van der Waals surface area contributed by atoms with E-state index in [9.17, 15) is 14.4 Å². The molecule has 3 N–H and O–H groups in total. The van der Waals surface area contributed by atoms with Gasteiger partial charge in [0.25, 0.3) is 11.8 Å². The summed E-state index contributed by atoms with van der Waals surface area (Å²) in [5.74, 6) is 0.392. The van der Waals surface area contributed by atoms with Crippen LogP contribution in [0, 0.1) is 0 Å². The molecule has 1 unspecified atom stereocenters. The Labute approximate surface area is 261 Å². The molecule has 0 aliphatic carbocycles. The molecular weight excluding hydrogens is 574 g/mol. The Bertz CT molecular complexity index is 1590. The first-order valence-electron chi connectivity index (χ1n) is 14.3. The van der Waals surface area contributed by atoms with Gasteiger partial charge in [0.1, 0.15) is 17.2 Å². The molecular formula is C35H35N3O5S. The average Bonchev–Trinajstić information content (AvgIpc) is 3.03. The Balaban J connectivity index is 1.45. The van der Waals surface area contributed by atoms with Crippen molar-refractivity contribution in [2.75, 3.05) is 23.8 Å². The van der Waals surface area contributed by atoms with Crippen LogP contribution >= 0.6 is 11.8 Å². The number of amides is 3. The monoisotopic (exact) mass is 609 g/mol. The highest BCUT2D eigenvalue weighted by Gasteiger charge is 2.17. The summed E-state index contributed by atoms with van der Waals surface area (Å²) in [6, 6.07) is 30.3. The van der Waals surface area contributed by atoms with E-state index in [0.29, 0.717) is 41.5 Å². The van der Waals surface area contributed by atoms with Crippen molar-refractivity contribution in [1.82, 2.24) is 5.32 Å². The van der Waals surface area contributed by atoms with Crippen molar-refractivity contribution >= 4 is 46.9 Å². The van der Waals surface area contributed by atoms with Crippen LogP contribution in [0.3, 0.4) is 0 Å². The molecule has 226 valence electrons. The Kier molecular flexibility index (Phi) is 11.6. The fourth-order valence-corrected chi connectivity index (χ4v) is 5.01. The highest BCUT2D eigenvalue weighted by Crippen LogP contribution is 2.27. The second kappa shape index (κ2) is 16.0. The van der Waals surface area contributed by atoms with Crippen LogP contribution in [0.1, 0.15) is 36.7 Å². The van der Waals surface area contributed by atoms with Gasteiger partial charge in [0.15, 0.2) is 0 Å². The standard InChI is InChI=1S/C35H35N3O5S/c1-4-42-29-18-14-25(15-19-29)22-32(38-34(40)26-10-7-6-8-11-26)35(41)37-28-12-9-13-31(23-28)44-24(3)33(39)36-27-16-20-30(21-17-27)43-5-2/h6-24H,4-5H2,1-3H3,(H,36,39)(H,37,41)(H,38,40)/b32-22+. The number of rotatable bonds is 13. The van der Waals surface area contributed by atoms with Crippen LogP contribution in [0.4, 0.5) is 11.4 Å².